The number of rotatable bonds is 8. The standard InChI is InChI=1S/C26H36ClFN3/c1-9-12-31(13-11-17(3)4)25-14-18(5)26(20(10-2)19(6)30(7)8)21-15-22(27)23(28)16-24(21)29-25/h10,14-17H,2,9,11-13H2,1,3-8H3/q+1. The summed E-state index contributed by atoms with van der Waals surface area (Å²) in [5.41, 5.74) is 5.56. The molecule has 0 spiro atoms. The van der Waals surface area contributed by atoms with Gasteiger partial charge in [-0.2, -0.15) is 0 Å². The minimum atomic E-state index is -0.458. The maximum absolute atomic E-state index is 14.5. The molecule has 0 radical (unpaired) electrons. The zero-order valence-electron chi connectivity index (χ0n) is 20.0. The highest BCUT2D eigenvalue weighted by Crippen LogP contribution is 2.32. The molecule has 5 heteroatoms. The molecule has 0 fully saturated rings. The molecule has 0 aliphatic carbocycles. The van der Waals surface area contributed by atoms with Crippen molar-refractivity contribution in [3.05, 3.63) is 64.0 Å². The molecule has 0 bridgehead atoms. The van der Waals surface area contributed by atoms with Crippen LogP contribution in [0.3, 0.4) is 0 Å². The van der Waals surface area contributed by atoms with Gasteiger partial charge in [0.1, 0.15) is 5.82 Å². The molecule has 3 nitrogen and oxygen atoms in total. The van der Waals surface area contributed by atoms with Crippen LogP contribution in [0.4, 0.5) is 4.39 Å². The summed E-state index contributed by atoms with van der Waals surface area (Å²) < 4.78 is 16.8. The Kier molecular flexibility index (Phi) is 8.81. The van der Waals surface area contributed by atoms with E-state index >= 15 is 0 Å². The first kappa shape index (κ1) is 25.1. The highest BCUT2D eigenvalue weighted by atomic mass is 35.5. The molecule has 168 valence electrons. The van der Waals surface area contributed by atoms with Gasteiger partial charge in [-0.1, -0.05) is 45.0 Å². The molecule has 0 saturated heterocycles. The molecular weight excluding hydrogens is 409 g/mol. The molecule has 2 aromatic rings. The number of halogens is 2. The first-order chi connectivity index (χ1) is 14.6. The summed E-state index contributed by atoms with van der Waals surface area (Å²) in [7, 11) is 4.01. The minimum Gasteiger partial charge on any atom is -0.381 e. The van der Waals surface area contributed by atoms with Crippen molar-refractivity contribution >= 4 is 28.1 Å². The van der Waals surface area contributed by atoms with Crippen molar-refractivity contribution in [2.75, 3.05) is 27.2 Å². The van der Waals surface area contributed by atoms with Gasteiger partial charge in [-0.25, -0.2) is 4.39 Å². The summed E-state index contributed by atoms with van der Waals surface area (Å²) in [5, 5.41) is 0.922. The molecule has 0 N–H and O–H groups in total. The molecule has 2 rings (SSSR count). The minimum absolute atomic E-state index is 0.0961. The van der Waals surface area contributed by atoms with Crippen LogP contribution in [0.1, 0.15) is 51.7 Å². The van der Waals surface area contributed by atoms with Crippen molar-refractivity contribution in [2.45, 2.75) is 47.5 Å². The highest BCUT2D eigenvalue weighted by Gasteiger charge is 2.18. The number of allylic oxidation sites excluding steroid dienone is 3. The van der Waals surface area contributed by atoms with Crippen molar-refractivity contribution in [3.8, 4) is 0 Å². The van der Waals surface area contributed by atoms with Crippen LogP contribution in [-0.2, 0) is 0 Å². The van der Waals surface area contributed by atoms with Crippen molar-refractivity contribution < 1.29 is 4.39 Å². The largest absolute Gasteiger partial charge is 0.381 e. The van der Waals surface area contributed by atoms with Gasteiger partial charge in [-0.3, -0.25) is 4.58 Å². The second kappa shape index (κ2) is 10.9. The van der Waals surface area contributed by atoms with Crippen LogP contribution in [0.25, 0.3) is 16.5 Å². The van der Waals surface area contributed by atoms with Crippen LogP contribution in [-0.4, -0.2) is 37.1 Å². The first-order valence-electron chi connectivity index (χ1n) is 11.0. The number of hydrogen-bond acceptors (Lipinski definition) is 2. The molecule has 1 heterocycles. The average Bonchev–Trinajstić information content (AvgIpc) is 2.83. The summed E-state index contributed by atoms with van der Waals surface area (Å²) in [4.78, 5) is 6.99. The topological polar surface area (TPSA) is 19.1 Å². The van der Waals surface area contributed by atoms with E-state index < -0.39 is 5.82 Å². The lowest BCUT2D eigenvalue weighted by Crippen LogP contribution is -2.33. The third kappa shape index (κ3) is 5.94. The average molecular weight is 445 g/mol. The monoisotopic (exact) mass is 444 g/mol. The summed E-state index contributed by atoms with van der Waals surface area (Å²) in [6.45, 7) is 16.6. The van der Waals surface area contributed by atoms with Crippen molar-refractivity contribution in [3.63, 3.8) is 0 Å². The van der Waals surface area contributed by atoms with Gasteiger partial charge in [-0.05, 0) is 54.8 Å². The van der Waals surface area contributed by atoms with E-state index in [-0.39, 0.29) is 5.02 Å². The molecule has 0 aliphatic heterocycles. The van der Waals surface area contributed by atoms with Crippen LogP contribution in [0.2, 0.25) is 5.02 Å². The van der Waals surface area contributed by atoms with Crippen molar-refractivity contribution in [1.29, 1.82) is 0 Å². The molecule has 0 unspecified atom stereocenters. The lowest BCUT2D eigenvalue weighted by molar-refractivity contribution is 0.478. The van der Waals surface area contributed by atoms with E-state index in [1.165, 1.54) is 6.07 Å². The van der Waals surface area contributed by atoms with E-state index in [0.717, 1.165) is 59.2 Å². The number of fused-ring (bicyclic) bond motifs is 1. The Morgan fingerprint density at radius 3 is 2.48 bits per heavy atom. The van der Waals surface area contributed by atoms with E-state index in [4.69, 9.17) is 16.6 Å². The Bertz CT molecular complexity index is 1070. The van der Waals surface area contributed by atoms with Gasteiger partial charge < -0.3 is 4.90 Å². The smallest absolute Gasteiger partial charge is 0.319 e. The van der Waals surface area contributed by atoms with E-state index in [9.17, 15) is 4.39 Å². The molecule has 0 saturated carbocycles. The fourth-order valence-corrected chi connectivity index (χ4v) is 3.84. The Labute approximate surface area is 191 Å². The van der Waals surface area contributed by atoms with Crippen molar-refractivity contribution in [1.82, 2.24) is 14.5 Å². The van der Waals surface area contributed by atoms with Gasteiger partial charge in [0, 0.05) is 42.9 Å². The lowest BCUT2D eigenvalue weighted by atomic mass is 9.96. The predicted molar refractivity (Wildman–Crippen MR) is 133 cm³/mol. The third-order valence-electron chi connectivity index (χ3n) is 5.61. The van der Waals surface area contributed by atoms with Crippen LogP contribution >= 0.6 is 11.6 Å². The van der Waals surface area contributed by atoms with Gasteiger partial charge in [0.15, 0.2) is 5.52 Å². The highest BCUT2D eigenvalue weighted by molar-refractivity contribution is 6.31. The van der Waals surface area contributed by atoms with Crippen LogP contribution in [0.15, 0.2) is 36.6 Å². The van der Waals surface area contributed by atoms with E-state index in [1.54, 1.807) is 6.07 Å². The summed E-state index contributed by atoms with van der Waals surface area (Å²) in [6.07, 6.45) is 3.94. The number of benzene rings is 1. The summed E-state index contributed by atoms with van der Waals surface area (Å²) in [5.74, 6) is 0.139. The Hall–Kier alpha value is -2.20. The van der Waals surface area contributed by atoms with Gasteiger partial charge in [0.05, 0.1) is 18.1 Å². The van der Waals surface area contributed by atoms with E-state index in [0.29, 0.717) is 11.4 Å². The van der Waals surface area contributed by atoms with Crippen molar-refractivity contribution in [2.24, 2.45) is 5.92 Å². The Morgan fingerprint density at radius 2 is 1.94 bits per heavy atom. The molecule has 1 aromatic heterocycles. The Balaban J connectivity index is 3.07. The number of aromatic nitrogens is 1. The van der Waals surface area contributed by atoms with Gasteiger partial charge in [-0.15, -0.1) is 0 Å². The predicted octanol–water partition coefficient (Wildman–Crippen LogP) is 6.04. The molecular formula is C26H36ClFN3+. The molecule has 0 amide bonds. The third-order valence-corrected chi connectivity index (χ3v) is 5.90. The fraction of sp³-hybridized carbons (Fsp3) is 0.462. The SMILES string of the molecule is C=CC(=C(C)N(C)C)c1c(C)cc(=[N+](CCC)CCC(C)C)nc2cc(F)c(Cl)cc12. The maximum Gasteiger partial charge on any atom is 0.319 e. The second-order valence-corrected chi connectivity index (χ2v) is 9.13. The first-order valence-corrected chi connectivity index (χ1v) is 11.4. The molecule has 1 aromatic carbocycles. The van der Waals surface area contributed by atoms with E-state index in [2.05, 4.69) is 56.7 Å². The zero-order chi connectivity index (χ0) is 23.3. The molecule has 0 aliphatic rings. The number of aryl methyl sites for hydroxylation is 1. The molecule has 31 heavy (non-hydrogen) atoms. The van der Waals surface area contributed by atoms with Crippen LogP contribution in [0, 0.1) is 18.7 Å². The normalized spacial score (nSPS) is 13.4. The molecule has 0 atom stereocenters. The van der Waals surface area contributed by atoms with E-state index in [1.807, 2.05) is 20.2 Å². The van der Waals surface area contributed by atoms with Crippen LogP contribution < -0.4 is 10.1 Å². The fourth-order valence-electron chi connectivity index (χ4n) is 3.68. The summed E-state index contributed by atoms with van der Waals surface area (Å²) >= 11 is 6.22. The summed E-state index contributed by atoms with van der Waals surface area (Å²) in [6, 6.07) is 5.25. The lowest BCUT2D eigenvalue weighted by Gasteiger charge is -2.18. The van der Waals surface area contributed by atoms with Gasteiger partial charge in [0.25, 0.3) is 0 Å². The number of nitrogens with zero attached hydrogens (tertiary/aromatic N) is 3. The van der Waals surface area contributed by atoms with Crippen LogP contribution in [0.5, 0.6) is 0 Å². The van der Waals surface area contributed by atoms with Gasteiger partial charge >= 0.3 is 5.49 Å². The quantitative estimate of drug-likeness (QED) is 0.365. The number of hydrogen-bond donors (Lipinski definition) is 0. The van der Waals surface area contributed by atoms with Gasteiger partial charge in [0.2, 0.25) is 0 Å². The maximum atomic E-state index is 14.5. The zero-order valence-corrected chi connectivity index (χ0v) is 20.8. The Morgan fingerprint density at radius 1 is 1.26 bits per heavy atom. The second-order valence-electron chi connectivity index (χ2n) is 8.72.